The second kappa shape index (κ2) is 8.18. The van der Waals surface area contributed by atoms with Crippen molar-refractivity contribution in [2.45, 2.75) is 13.0 Å². The number of carbonyl (C=O) groups is 1. The molecule has 128 valence electrons. The molecule has 7 nitrogen and oxygen atoms in total. The fourth-order valence-corrected chi connectivity index (χ4v) is 3.11. The molecule has 1 fully saturated rings. The normalized spacial score (nSPS) is 17.7. The molecular formula is C16H20N4O3S. The van der Waals surface area contributed by atoms with E-state index in [0.29, 0.717) is 38.7 Å². The number of hydrogen-bond acceptors (Lipinski definition) is 6. The van der Waals surface area contributed by atoms with Gasteiger partial charge in [0.1, 0.15) is 10.8 Å². The highest BCUT2D eigenvalue weighted by molar-refractivity contribution is 7.13. The van der Waals surface area contributed by atoms with Gasteiger partial charge < -0.3 is 14.4 Å². The standard InChI is InChI=1S/C16H20N4O3S/c1-2-22-10-12-9-20(7-8-23-12)16(21)19-14-11-24-15(18-14)13-5-3-4-6-17-13/h3-6,11-12H,2,7-10H2,1H3,(H,19,21). The van der Waals surface area contributed by atoms with Crippen LogP contribution in [0.4, 0.5) is 10.6 Å². The van der Waals surface area contributed by atoms with Gasteiger partial charge in [0.2, 0.25) is 0 Å². The van der Waals surface area contributed by atoms with Crippen LogP contribution in [0.15, 0.2) is 29.8 Å². The number of anilines is 1. The third kappa shape index (κ3) is 4.28. The number of rotatable bonds is 5. The second-order valence-electron chi connectivity index (χ2n) is 5.28. The van der Waals surface area contributed by atoms with Gasteiger partial charge in [0.25, 0.3) is 0 Å². The van der Waals surface area contributed by atoms with Crippen LogP contribution in [0, 0.1) is 0 Å². The number of carbonyl (C=O) groups excluding carboxylic acids is 1. The van der Waals surface area contributed by atoms with E-state index in [2.05, 4.69) is 15.3 Å². The molecule has 3 heterocycles. The van der Waals surface area contributed by atoms with Crippen molar-refractivity contribution in [1.82, 2.24) is 14.9 Å². The Morgan fingerprint density at radius 3 is 3.25 bits per heavy atom. The van der Waals surface area contributed by atoms with Crippen molar-refractivity contribution in [3.8, 4) is 10.7 Å². The first-order valence-electron chi connectivity index (χ1n) is 7.88. The van der Waals surface area contributed by atoms with Crippen LogP contribution in [0.2, 0.25) is 0 Å². The Hall–Kier alpha value is -2.03. The molecule has 1 aliphatic heterocycles. The molecule has 0 radical (unpaired) electrons. The summed E-state index contributed by atoms with van der Waals surface area (Å²) in [5.74, 6) is 0.540. The molecule has 2 aromatic rings. The Morgan fingerprint density at radius 2 is 2.46 bits per heavy atom. The summed E-state index contributed by atoms with van der Waals surface area (Å²) in [6, 6.07) is 5.49. The van der Waals surface area contributed by atoms with Gasteiger partial charge in [-0.3, -0.25) is 10.3 Å². The Balaban J connectivity index is 1.58. The van der Waals surface area contributed by atoms with Crippen LogP contribution in [0.3, 0.4) is 0 Å². The van der Waals surface area contributed by atoms with Crippen LogP contribution in [-0.4, -0.2) is 59.9 Å². The lowest BCUT2D eigenvalue weighted by Gasteiger charge is -2.32. The lowest BCUT2D eigenvalue weighted by atomic mass is 10.3. The van der Waals surface area contributed by atoms with Gasteiger partial charge >= 0.3 is 6.03 Å². The highest BCUT2D eigenvalue weighted by Crippen LogP contribution is 2.24. The molecule has 1 aliphatic rings. The van der Waals surface area contributed by atoms with Gasteiger partial charge in [-0.15, -0.1) is 11.3 Å². The summed E-state index contributed by atoms with van der Waals surface area (Å²) >= 11 is 1.45. The van der Waals surface area contributed by atoms with Crippen molar-refractivity contribution in [2.75, 3.05) is 38.2 Å². The molecule has 0 saturated carbocycles. The average molecular weight is 348 g/mol. The van der Waals surface area contributed by atoms with Gasteiger partial charge in [0.05, 0.1) is 31.6 Å². The van der Waals surface area contributed by atoms with Crippen LogP contribution in [-0.2, 0) is 9.47 Å². The van der Waals surface area contributed by atoms with Gasteiger partial charge in [-0.1, -0.05) is 6.07 Å². The molecule has 0 spiro atoms. The van der Waals surface area contributed by atoms with E-state index < -0.39 is 0 Å². The van der Waals surface area contributed by atoms with Crippen molar-refractivity contribution in [3.63, 3.8) is 0 Å². The second-order valence-corrected chi connectivity index (χ2v) is 6.14. The molecule has 8 heteroatoms. The summed E-state index contributed by atoms with van der Waals surface area (Å²) in [6.07, 6.45) is 1.64. The first-order chi connectivity index (χ1) is 11.8. The third-order valence-corrected chi connectivity index (χ3v) is 4.42. The van der Waals surface area contributed by atoms with Crippen LogP contribution < -0.4 is 5.32 Å². The summed E-state index contributed by atoms with van der Waals surface area (Å²) in [7, 11) is 0. The van der Waals surface area contributed by atoms with Crippen LogP contribution in [0.1, 0.15) is 6.92 Å². The largest absolute Gasteiger partial charge is 0.379 e. The maximum absolute atomic E-state index is 12.4. The minimum atomic E-state index is -0.169. The third-order valence-electron chi connectivity index (χ3n) is 3.56. The fourth-order valence-electron chi connectivity index (χ4n) is 2.38. The summed E-state index contributed by atoms with van der Waals surface area (Å²) in [4.78, 5) is 22.8. The van der Waals surface area contributed by atoms with Crippen molar-refractivity contribution in [3.05, 3.63) is 29.8 Å². The summed E-state index contributed by atoms with van der Waals surface area (Å²) in [5, 5.41) is 5.44. The number of thiazole rings is 1. The van der Waals surface area contributed by atoms with E-state index in [9.17, 15) is 4.79 Å². The van der Waals surface area contributed by atoms with Crippen molar-refractivity contribution < 1.29 is 14.3 Å². The van der Waals surface area contributed by atoms with E-state index in [1.54, 1.807) is 11.1 Å². The Labute approximate surface area is 144 Å². The maximum Gasteiger partial charge on any atom is 0.323 e. The van der Waals surface area contributed by atoms with Gasteiger partial charge in [0.15, 0.2) is 0 Å². The number of urea groups is 1. The van der Waals surface area contributed by atoms with Crippen molar-refractivity contribution >= 4 is 23.2 Å². The van der Waals surface area contributed by atoms with Crippen LogP contribution in [0.5, 0.6) is 0 Å². The Bertz CT molecular complexity index is 664. The van der Waals surface area contributed by atoms with Gasteiger partial charge in [-0.05, 0) is 19.1 Å². The number of nitrogens with zero attached hydrogens (tertiary/aromatic N) is 3. The first-order valence-corrected chi connectivity index (χ1v) is 8.76. The van der Waals surface area contributed by atoms with Crippen molar-refractivity contribution in [2.24, 2.45) is 0 Å². The number of ether oxygens (including phenoxy) is 2. The fraction of sp³-hybridized carbons (Fsp3) is 0.438. The molecule has 1 unspecified atom stereocenters. The lowest BCUT2D eigenvalue weighted by molar-refractivity contribution is -0.0555. The summed E-state index contributed by atoms with van der Waals surface area (Å²) in [6.45, 7) is 4.67. The molecule has 1 saturated heterocycles. The summed E-state index contributed by atoms with van der Waals surface area (Å²) in [5.41, 5.74) is 0.797. The van der Waals surface area contributed by atoms with E-state index in [1.165, 1.54) is 11.3 Å². The van der Waals surface area contributed by atoms with Gasteiger partial charge in [-0.25, -0.2) is 9.78 Å². The van der Waals surface area contributed by atoms with Crippen molar-refractivity contribution in [1.29, 1.82) is 0 Å². The minimum absolute atomic E-state index is 0.0797. The van der Waals surface area contributed by atoms with E-state index in [4.69, 9.17) is 9.47 Å². The quantitative estimate of drug-likeness (QED) is 0.898. The smallest absolute Gasteiger partial charge is 0.323 e. The minimum Gasteiger partial charge on any atom is -0.379 e. The van der Waals surface area contributed by atoms with E-state index in [1.807, 2.05) is 30.5 Å². The number of aromatic nitrogens is 2. The highest BCUT2D eigenvalue weighted by atomic mass is 32.1. The molecule has 24 heavy (non-hydrogen) atoms. The zero-order valence-electron chi connectivity index (χ0n) is 13.5. The van der Waals surface area contributed by atoms with Gasteiger partial charge in [-0.2, -0.15) is 0 Å². The zero-order valence-corrected chi connectivity index (χ0v) is 14.3. The predicted octanol–water partition coefficient (Wildman–Crippen LogP) is 2.47. The Morgan fingerprint density at radius 1 is 1.54 bits per heavy atom. The zero-order chi connectivity index (χ0) is 16.8. The number of hydrogen-bond donors (Lipinski definition) is 1. The average Bonchev–Trinajstić information content (AvgIpc) is 3.09. The Kier molecular flexibility index (Phi) is 5.73. The molecule has 0 aromatic carbocycles. The molecule has 1 atom stereocenters. The molecule has 1 N–H and O–H groups in total. The van der Waals surface area contributed by atoms with Crippen LogP contribution >= 0.6 is 11.3 Å². The molecule has 3 rings (SSSR count). The molecular weight excluding hydrogens is 328 g/mol. The highest BCUT2D eigenvalue weighted by Gasteiger charge is 2.24. The molecule has 0 aliphatic carbocycles. The molecule has 0 bridgehead atoms. The molecule has 2 amide bonds. The number of nitrogens with one attached hydrogen (secondary N) is 1. The number of pyridine rings is 1. The lowest BCUT2D eigenvalue weighted by Crippen LogP contribution is -2.48. The monoisotopic (exact) mass is 348 g/mol. The molecule has 2 aromatic heterocycles. The van der Waals surface area contributed by atoms with Crippen LogP contribution in [0.25, 0.3) is 10.7 Å². The maximum atomic E-state index is 12.4. The topological polar surface area (TPSA) is 76.6 Å². The van der Waals surface area contributed by atoms with E-state index in [-0.39, 0.29) is 12.1 Å². The summed E-state index contributed by atoms with van der Waals surface area (Å²) < 4.78 is 11.0. The number of amides is 2. The predicted molar refractivity (Wildman–Crippen MR) is 92.2 cm³/mol. The number of morpholine rings is 1. The van der Waals surface area contributed by atoms with E-state index >= 15 is 0 Å². The first kappa shape index (κ1) is 16.8. The van der Waals surface area contributed by atoms with E-state index in [0.717, 1.165) is 10.7 Å². The van der Waals surface area contributed by atoms with Gasteiger partial charge in [0, 0.05) is 24.7 Å². The SMILES string of the molecule is CCOCC1CN(C(=O)Nc2csc(-c3ccccn3)n2)CCO1.